The summed E-state index contributed by atoms with van der Waals surface area (Å²) in [4.78, 5) is 12.4. The molecule has 1 heterocycles. The van der Waals surface area contributed by atoms with Crippen LogP contribution in [0.5, 0.6) is 0 Å². The van der Waals surface area contributed by atoms with E-state index in [1.54, 1.807) is 0 Å². The molecule has 2 aliphatic carbocycles. The van der Waals surface area contributed by atoms with Crippen LogP contribution in [0.3, 0.4) is 0 Å². The average molecular weight is 326 g/mol. The van der Waals surface area contributed by atoms with Crippen molar-refractivity contribution in [1.29, 1.82) is 0 Å². The summed E-state index contributed by atoms with van der Waals surface area (Å²) >= 11 is 0. The summed E-state index contributed by atoms with van der Waals surface area (Å²) in [6, 6.07) is 9.04. The number of hydrogen-bond acceptors (Lipinski definition) is 2. The molecular formula is C20H26N2O2. The highest BCUT2D eigenvalue weighted by Crippen LogP contribution is 2.39. The highest BCUT2D eigenvalue weighted by Gasteiger charge is 2.39. The normalized spacial score (nSPS) is 28.5. The molecule has 2 amide bonds. The molecule has 0 aromatic heterocycles. The van der Waals surface area contributed by atoms with Crippen molar-refractivity contribution in [3.8, 4) is 0 Å². The molecule has 4 rings (SSSR count). The summed E-state index contributed by atoms with van der Waals surface area (Å²) in [5, 5.41) is 6.29. The Hall–Kier alpha value is -1.81. The first kappa shape index (κ1) is 15.7. The Morgan fingerprint density at radius 1 is 1.12 bits per heavy atom. The quantitative estimate of drug-likeness (QED) is 0.839. The zero-order valence-electron chi connectivity index (χ0n) is 14.1. The Morgan fingerprint density at radius 2 is 1.83 bits per heavy atom. The zero-order valence-corrected chi connectivity index (χ0v) is 14.1. The largest absolute Gasteiger partial charge is 0.377 e. The fourth-order valence-corrected chi connectivity index (χ4v) is 4.51. The van der Waals surface area contributed by atoms with Crippen LogP contribution >= 0.6 is 0 Å². The third-order valence-corrected chi connectivity index (χ3v) is 5.76. The summed E-state index contributed by atoms with van der Waals surface area (Å²) in [5.41, 5.74) is 4.12. The highest BCUT2D eigenvalue weighted by molar-refractivity contribution is 5.74. The molecule has 1 aliphatic heterocycles. The maximum absolute atomic E-state index is 12.4. The van der Waals surface area contributed by atoms with Crippen LogP contribution in [0.15, 0.2) is 35.9 Å². The Bertz CT molecular complexity index is 607. The van der Waals surface area contributed by atoms with Gasteiger partial charge in [0.1, 0.15) is 0 Å². The van der Waals surface area contributed by atoms with E-state index in [0.717, 1.165) is 25.9 Å². The predicted octanol–water partition coefficient (Wildman–Crippen LogP) is 2.83. The minimum atomic E-state index is -0.0330. The van der Waals surface area contributed by atoms with Gasteiger partial charge in [0.05, 0.1) is 13.2 Å². The van der Waals surface area contributed by atoms with Crippen molar-refractivity contribution in [1.82, 2.24) is 10.6 Å². The second-order valence-corrected chi connectivity index (χ2v) is 7.33. The number of urea groups is 1. The number of carbonyl (C=O) groups excluding carboxylic acids is 1. The van der Waals surface area contributed by atoms with Crippen LogP contribution in [0, 0.1) is 11.8 Å². The van der Waals surface area contributed by atoms with Crippen molar-refractivity contribution in [2.45, 2.75) is 38.1 Å². The SMILES string of the molecule is O=C(NCC1=CCCOC1)NC1[C@H]2CC[C@H]1Cc1ccccc1C2. The summed E-state index contributed by atoms with van der Waals surface area (Å²) < 4.78 is 5.42. The van der Waals surface area contributed by atoms with Gasteiger partial charge in [-0.1, -0.05) is 30.3 Å². The molecular weight excluding hydrogens is 300 g/mol. The van der Waals surface area contributed by atoms with Gasteiger partial charge in [-0.05, 0) is 60.6 Å². The molecule has 0 radical (unpaired) electrons. The Labute approximate surface area is 143 Å². The van der Waals surface area contributed by atoms with E-state index in [-0.39, 0.29) is 6.03 Å². The smallest absolute Gasteiger partial charge is 0.315 e. The number of carbonyl (C=O) groups is 1. The molecule has 4 heteroatoms. The van der Waals surface area contributed by atoms with Gasteiger partial charge in [-0.3, -0.25) is 0 Å². The van der Waals surface area contributed by atoms with Gasteiger partial charge in [0.2, 0.25) is 0 Å². The Kier molecular flexibility index (Phi) is 4.56. The lowest BCUT2D eigenvalue weighted by Gasteiger charge is -2.24. The first-order valence-electron chi connectivity index (χ1n) is 9.16. The molecule has 0 saturated heterocycles. The lowest BCUT2D eigenvalue weighted by Crippen LogP contribution is -2.47. The van der Waals surface area contributed by atoms with Crippen molar-refractivity contribution in [3.63, 3.8) is 0 Å². The first-order valence-corrected chi connectivity index (χ1v) is 9.16. The number of rotatable bonds is 3. The maximum atomic E-state index is 12.4. The van der Waals surface area contributed by atoms with Gasteiger partial charge in [0.15, 0.2) is 0 Å². The number of nitrogens with one attached hydrogen (secondary N) is 2. The van der Waals surface area contributed by atoms with Gasteiger partial charge < -0.3 is 15.4 Å². The summed E-state index contributed by atoms with van der Waals surface area (Å²) in [5.74, 6) is 1.14. The van der Waals surface area contributed by atoms with Gasteiger partial charge in [0, 0.05) is 12.6 Å². The third kappa shape index (κ3) is 3.34. The summed E-state index contributed by atoms with van der Waals surface area (Å²) in [7, 11) is 0. The van der Waals surface area contributed by atoms with Crippen LogP contribution in [-0.2, 0) is 17.6 Å². The van der Waals surface area contributed by atoms with E-state index in [1.807, 2.05) is 0 Å². The summed E-state index contributed by atoms with van der Waals surface area (Å²) in [6.07, 6.45) is 7.76. The van der Waals surface area contributed by atoms with Crippen LogP contribution < -0.4 is 10.6 Å². The topological polar surface area (TPSA) is 50.4 Å². The number of hydrogen-bond donors (Lipinski definition) is 2. The molecule has 1 saturated carbocycles. The Morgan fingerprint density at radius 3 is 2.46 bits per heavy atom. The maximum Gasteiger partial charge on any atom is 0.315 e. The van der Waals surface area contributed by atoms with E-state index in [2.05, 4.69) is 41.0 Å². The first-order chi connectivity index (χ1) is 11.8. The molecule has 2 N–H and O–H groups in total. The van der Waals surface area contributed by atoms with Crippen LogP contribution in [0.2, 0.25) is 0 Å². The second kappa shape index (κ2) is 6.98. The number of amides is 2. The predicted molar refractivity (Wildman–Crippen MR) is 93.9 cm³/mol. The van der Waals surface area contributed by atoms with Crippen molar-refractivity contribution < 1.29 is 9.53 Å². The fourth-order valence-electron chi connectivity index (χ4n) is 4.51. The number of ether oxygens (including phenoxy) is 1. The minimum Gasteiger partial charge on any atom is -0.377 e. The van der Waals surface area contributed by atoms with Crippen LogP contribution in [0.25, 0.3) is 0 Å². The highest BCUT2D eigenvalue weighted by atomic mass is 16.5. The number of benzene rings is 1. The van der Waals surface area contributed by atoms with E-state index < -0.39 is 0 Å². The van der Waals surface area contributed by atoms with Crippen LogP contribution in [0.1, 0.15) is 30.4 Å². The second-order valence-electron chi connectivity index (χ2n) is 7.33. The van der Waals surface area contributed by atoms with E-state index >= 15 is 0 Å². The molecule has 1 aromatic rings. The average Bonchev–Trinajstić information content (AvgIpc) is 2.88. The van der Waals surface area contributed by atoms with Gasteiger partial charge in [-0.2, -0.15) is 0 Å². The molecule has 3 aliphatic rings. The molecule has 128 valence electrons. The summed E-state index contributed by atoms with van der Waals surface area (Å²) in [6.45, 7) is 2.03. The van der Waals surface area contributed by atoms with E-state index in [4.69, 9.17) is 4.74 Å². The van der Waals surface area contributed by atoms with Crippen LogP contribution in [-0.4, -0.2) is 31.8 Å². The van der Waals surface area contributed by atoms with Gasteiger partial charge in [0.25, 0.3) is 0 Å². The molecule has 1 fully saturated rings. The third-order valence-electron chi connectivity index (χ3n) is 5.76. The molecule has 2 atom stereocenters. The molecule has 2 bridgehead atoms. The van der Waals surface area contributed by atoms with E-state index in [1.165, 1.54) is 29.5 Å². The van der Waals surface area contributed by atoms with Gasteiger partial charge in [-0.15, -0.1) is 0 Å². The fraction of sp³-hybridized carbons (Fsp3) is 0.550. The van der Waals surface area contributed by atoms with Crippen molar-refractivity contribution in [3.05, 3.63) is 47.0 Å². The molecule has 0 unspecified atom stereocenters. The number of fused-ring (bicyclic) bond motifs is 3. The zero-order chi connectivity index (χ0) is 16.4. The lowest BCUT2D eigenvalue weighted by atomic mass is 9.94. The molecule has 4 nitrogen and oxygen atoms in total. The monoisotopic (exact) mass is 326 g/mol. The Balaban J connectivity index is 1.36. The molecule has 24 heavy (non-hydrogen) atoms. The van der Waals surface area contributed by atoms with E-state index in [0.29, 0.717) is 31.0 Å². The standard InChI is InChI=1S/C20H26N2O2/c23-20(21-12-14-4-3-9-24-13-14)22-19-17-7-8-18(19)11-16-6-2-1-5-15(16)10-17/h1-2,4-6,17-19H,3,7-13H2,(H2,21,22,23)/t17-,18-/m0/s1. The van der Waals surface area contributed by atoms with E-state index in [9.17, 15) is 4.79 Å². The molecule has 1 aromatic carbocycles. The van der Waals surface area contributed by atoms with Crippen molar-refractivity contribution >= 4 is 6.03 Å². The van der Waals surface area contributed by atoms with Gasteiger partial charge >= 0.3 is 6.03 Å². The minimum absolute atomic E-state index is 0.0330. The van der Waals surface area contributed by atoms with Crippen LogP contribution in [0.4, 0.5) is 4.79 Å². The van der Waals surface area contributed by atoms with Gasteiger partial charge in [-0.25, -0.2) is 4.79 Å². The van der Waals surface area contributed by atoms with Crippen molar-refractivity contribution in [2.24, 2.45) is 11.8 Å². The molecule has 0 spiro atoms. The lowest BCUT2D eigenvalue weighted by molar-refractivity contribution is 0.149. The van der Waals surface area contributed by atoms with Crippen molar-refractivity contribution in [2.75, 3.05) is 19.8 Å².